The van der Waals surface area contributed by atoms with Gasteiger partial charge in [0.05, 0.1) is 24.7 Å². The Labute approximate surface area is 229 Å². The Morgan fingerprint density at radius 2 is 0.895 bits per heavy atom. The van der Waals surface area contributed by atoms with E-state index in [0.29, 0.717) is 24.7 Å². The molecule has 4 aromatic rings. The first-order valence-corrected chi connectivity index (χ1v) is 15.5. The standard InChI is InChI=1S/C32H30O4S2/c33-37-21-31-17-26(11-14-29(31)19-35-37)8-7-24-3-1-23(2-4-24)5-6-25-9-12-27(13-10-25)28-15-16-30-20-36-38(34)22-32(30)18-28/h1-4,9-18H,5-8,19-22H2. The summed E-state index contributed by atoms with van der Waals surface area (Å²) in [6.45, 7) is 0.875. The lowest BCUT2D eigenvalue weighted by molar-refractivity contribution is 0.327. The summed E-state index contributed by atoms with van der Waals surface area (Å²) in [5, 5.41) is 0. The van der Waals surface area contributed by atoms with E-state index in [1.165, 1.54) is 27.8 Å². The van der Waals surface area contributed by atoms with Crippen LogP contribution < -0.4 is 0 Å². The van der Waals surface area contributed by atoms with Gasteiger partial charge in [-0.25, -0.2) is 8.42 Å². The van der Waals surface area contributed by atoms with Gasteiger partial charge in [0.2, 0.25) is 0 Å². The monoisotopic (exact) mass is 542 g/mol. The van der Waals surface area contributed by atoms with Crippen LogP contribution >= 0.6 is 0 Å². The minimum absolute atomic E-state index is 0.428. The largest absolute Gasteiger partial charge is 0.285 e. The first-order chi connectivity index (χ1) is 18.6. The zero-order valence-corrected chi connectivity index (χ0v) is 22.8. The quantitative estimate of drug-likeness (QED) is 0.275. The van der Waals surface area contributed by atoms with Crippen molar-refractivity contribution in [2.24, 2.45) is 0 Å². The Morgan fingerprint density at radius 1 is 0.474 bits per heavy atom. The predicted molar refractivity (Wildman–Crippen MR) is 153 cm³/mol. The van der Waals surface area contributed by atoms with Crippen molar-refractivity contribution in [2.75, 3.05) is 0 Å². The molecule has 0 N–H and O–H groups in total. The second kappa shape index (κ2) is 11.5. The average Bonchev–Trinajstić information content (AvgIpc) is 2.95. The highest BCUT2D eigenvalue weighted by Crippen LogP contribution is 2.27. The summed E-state index contributed by atoms with van der Waals surface area (Å²) in [6.07, 6.45) is 3.97. The molecule has 0 saturated carbocycles. The summed E-state index contributed by atoms with van der Waals surface area (Å²) in [4.78, 5) is 0. The maximum atomic E-state index is 11.7. The molecule has 0 amide bonds. The lowest BCUT2D eigenvalue weighted by Crippen LogP contribution is -2.11. The van der Waals surface area contributed by atoms with Crippen LogP contribution in [-0.4, -0.2) is 8.42 Å². The fourth-order valence-corrected chi connectivity index (χ4v) is 6.83. The Kier molecular flexibility index (Phi) is 7.65. The lowest BCUT2D eigenvalue weighted by atomic mass is 9.97. The van der Waals surface area contributed by atoms with Crippen LogP contribution in [0.5, 0.6) is 0 Å². The Morgan fingerprint density at radius 3 is 1.47 bits per heavy atom. The molecule has 6 heteroatoms. The smallest absolute Gasteiger partial charge is 0.160 e. The first-order valence-electron chi connectivity index (χ1n) is 13.0. The van der Waals surface area contributed by atoms with Gasteiger partial charge in [-0.15, -0.1) is 0 Å². The topological polar surface area (TPSA) is 52.6 Å². The third kappa shape index (κ3) is 6.05. The lowest BCUT2D eigenvalue weighted by Gasteiger charge is -2.16. The molecule has 0 aromatic heterocycles. The Balaban J connectivity index is 1.02. The summed E-state index contributed by atoms with van der Waals surface area (Å²) in [6, 6.07) is 30.6. The van der Waals surface area contributed by atoms with E-state index in [2.05, 4.69) is 84.9 Å². The van der Waals surface area contributed by atoms with Crippen LogP contribution in [0.3, 0.4) is 0 Å². The number of aryl methyl sites for hydroxylation is 4. The molecule has 2 aliphatic heterocycles. The molecule has 0 saturated heterocycles. The van der Waals surface area contributed by atoms with Crippen LogP contribution in [0.15, 0.2) is 84.9 Å². The number of hydrogen-bond acceptors (Lipinski definition) is 4. The van der Waals surface area contributed by atoms with Gasteiger partial charge in [-0.3, -0.25) is 8.37 Å². The SMILES string of the molecule is O=S1Cc2cc(CCc3ccc(CCc4ccc(-c5ccc6c(c5)CS(=O)OC6)cc4)cc3)ccc2CO1. The van der Waals surface area contributed by atoms with E-state index in [1.54, 1.807) is 0 Å². The molecule has 6 rings (SSSR count). The van der Waals surface area contributed by atoms with Gasteiger partial charge in [0.25, 0.3) is 0 Å². The van der Waals surface area contributed by atoms with Crippen molar-refractivity contribution in [3.63, 3.8) is 0 Å². The first kappa shape index (κ1) is 25.4. The van der Waals surface area contributed by atoms with Crippen LogP contribution in [0.2, 0.25) is 0 Å². The summed E-state index contributed by atoms with van der Waals surface area (Å²) in [5.41, 5.74) is 12.2. The number of hydrogen-bond donors (Lipinski definition) is 0. The third-order valence-corrected chi connectivity index (χ3v) is 9.29. The molecule has 194 valence electrons. The summed E-state index contributed by atoms with van der Waals surface area (Å²) < 4.78 is 33.9. The zero-order valence-electron chi connectivity index (χ0n) is 21.2. The van der Waals surface area contributed by atoms with E-state index >= 15 is 0 Å². The van der Waals surface area contributed by atoms with Crippen LogP contribution in [0.4, 0.5) is 0 Å². The molecule has 2 aliphatic rings. The van der Waals surface area contributed by atoms with Gasteiger partial charge < -0.3 is 0 Å². The van der Waals surface area contributed by atoms with Crippen LogP contribution in [-0.2, 0) is 80.9 Å². The minimum atomic E-state index is -1.22. The van der Waals surface area contributed by atoms with E-state index in [-0.39, 0.29) is 0 Å². The van der Waals surface area contributed by atoms with Crippen molar-refractivity contribution in [3.8, 4) is 11.1 Å². The summed E-state index contributed by atoms with van der Waals surface area (Å²) in [5.74, 6) is 0.959. The van der Waals surface area contributed by atoms with Crippen LogP contribution in [0.25, 0.3) is 11.1 Å². The second-order valence-corrected chi connectivity index (χ2v) is 12.3. The highest BCUT2D eigenvalue weighted by molar-refractivity contribution is 7.79. The van der Waals surface area contributed by atoms with E-state index in [4.69, 9.17) is 8.37 Å². The number of rotatable bonds is 7. The van der Waals surface area contributed by atoms with E-state index in [9.17, 15) is 8.42 Å². The van der Waals surface area contributed by atoms with Crippen LogP contribution in [0.1, 0.15) is 44.5 Å². The average molecular weight is 543 g/mol. The van der Waals surface area contributed by atoms with Crippen molar-refractivity contribution in [1.29, 1.82) is 0 Å². The molecule has 0 radical (unpaired) electrons. The molecule has 2 heterocycles. The predicted octanol–water partition coefficient (Wildman–Crippen LogP) is 6.31. The molecule has 0 fully saturated rings. The van der Waals surface area contributed by atoms with E-state index in [0.717, 1.165) is 53.5 Å². The van der Waals surface area contributed by atoms with Gasteiger partial charge in [0, 0.05) is 0 Å². The molecule has 4 nitrogen and oxygen atoms in total. The Bertz CT molecular complexity index is 1490. The van der Waals surface area contributed by atoms with Gasteiger partial charge in [-0.1, -0.05) is 78.9 Å². The minimum Gasteiger partial charge on any atom is -0.285 e. The Hall–Kier alpha value is -2.90. The fraction of sp³-hybridized carbons (Fsp3) is 0.250. The number of benzene rings is 4. The second-order valence-electron chi connectivity index (χ2n) is 10.0. The van der Waals surface area contributed by atoms with Gasteiger partial charge >= 0.3 is 0 Å². The van der Waals surface area contributed by atoms with Crippen molar-refractivity contribution in [1.82, 2.24) is 0 Å². The van der Waals surface area contributed by atoms with Gasteiger partial charge in [0.15, 0.2) is 22.2 Å². The fourth-order valence-electron chi connectivity index (χ4n) is 5.10. The maximum absolute atomic E-state index is 11.7. The van der Waals surface area contributed by atoms with Crippen molar-refractivity contribution in [2.45, 2.75) is 50.4 Å². The van der Waals surface area contributed by atoms with Crippen molar-refractivity contribution in [3.05, 3.63) is 129 Å². The molecule has 0 bridgehead atoms. The molecular weight excluding hydrogens is 512 g/mol. The molecule has 0 aliphatic carbocycles. The van der Waals surface area contributed by atoms with Crippen molar-refractivity contribution < 1.29 is 16.8 Å². The van der Waals surface area contributed by atoms with Crippen molar-refractivity contribution >= 4 is 22.2 Å². The summed E-state index contributed by atoms with van der Waals surface area (Å²) in [7, 11) is 0. The highest BCUT2D eigenvalue weighted by atomic mass is 32.2. The molecular formula is C32H30O4S2. The molecule has 0 spiro atoms. The van der Waals surface area contributed by atoms with Crippen LogP contribution in [0, 0.1) is 0 Å². The maximum Gasteiger partial charge on any atom is 0.160 e. The van der Waals surface area contributed by atoms with E-state index in [1.807, 2.05) is 0 Å². The van der Waals surface area contributed by atoms with Gasteiger partial charge in [0.1, 0.15) is 0 Å². The van der Waals surface area contributed by atoms with E-state index < -0.39 is 22.2 Å². The molecule has 2 atom stereocenters. The van der Waals surface area contributed by atoms with Gasteiger partial charge in [-0.2, -0.15) is 0 Å². The zero-order chi connectivity index (χ0) is 25.9. The van der Waals surface area contributed by atoms with Gasteiger partial charge in [-0.05, 0) is 87.4 Å². The normalized spacial score (nSPS) is 18.5. The molecule has 2 unspecified atom stereocenters. The number of fused-ring (bicyclic) bond motifs is 2. The third-order valence-electron chi connectivity index (χ3n) is 7.43. The molecule has 38 heavy (non-hydrogen) atoms. The highest BCUT2D eigenvalue weighted by Gasteiger charge is 2.16. The summed E-state index contributed by atoms with van der Waals surface area (Å²) >= 11 is -2.41. The molecule has 4 aromatic carbocycles.